The third kappa shape index (κ3) is 3.44. The highest BCUT2D eigenvalue weighted by Gasteiger charge is 2.12. The Hall–Kier alpha value is -2.64. The van der Waals surface area contributed by atoms with Crippen molar-refractivity contribution in [2.45, 2.75) is 13.3 Å². The van der Waals surface area contributed by atoms with E-state index in [4.69, 9.17) is 15.0 Å². The fourth-order valence-corrected chi connectivity index (χ4v) is 1.55. The van der Waals surface area contributed by atoms with E-state index in [9.17, 15) is 4.79 Å². The molecular weight excluding hydrogens is 262 g/mol. The normalized spacial score (nSPS) is 10.2. The van der Waals surface area contributed by atoms with E-state index in [1.165, 1.54) is 12.5 Å². The predicted octanol–water partition coefficient (Wildman–Crippen LogP) is 0.878. The quantitative estimate of drug-likeness (QED) is 0.747. The minimum atomic E-state index is -0.465. The fourth-order valence-electron chi connectivity index (χ4n) is 1.55. The molecule has 8 nitrogen and oxygen atoms in total. The number of esters is 1. The van der Waals surface area contributed by atoms with Crippen molar-refractivity contribution in [2.75, 3.05) is 24.2 Å². The average Bonchev–Trinajstić information content (AvgIpc) is 2.94. The SMILES string of the molecule is CCOC(=O)c1cc(NCCc2ncno2)ncc1N. The first-order chi connectivity index (χ1) is 9.70. The van der Waals surface area contributed by atoms with Crippen molar-refractivity contribution in [3.63, 3.8) is 0 Å². The highest BCUT2D eigenvalue weighted by Crippen LogP contribution is 2.16. The van der Waals surface area contributed by atoms with Crippen LogP contribution in [0.5, 0.6) is 0 Å². The van der Waals surface area contributed by atoms with Crippen molar-refractivity contribution in [1.82, 2.24) is 15.1 Å². The summed E-state index contributed by atoms with van der Waals surface area (Å²) >= 11 is 0. The molecule has 2 rings (SSSR count). The minimum absolute atomic E-state index is 0.283. The van der Waals surface area contributed by atoms with Crippen LogP contribution in [0.4, 0.5) is 11.5 Å². The van der Waals surface area contributed by atoms with Gasteiger partial charge >= 0.3 is 5.97 Å². The van der Waals surface area contributed by atoms with Crippen LogP contribution in [0.1, 0.15) is 23.2 Å². The lowest BCUT2D eigenvalue weighted by Gasteiger charge is -2.08. The van der Waals surface area contributed by atoms with Gasteiger partial charge in [-0.2, -0.15) is 4.98 Å². The molecule has 0 atom stereocenters. The first-order valence-electron chi connectivity index (χ1n) is 6.12. The molecule has 0 aliphatic heterocycles. The Morgan fingerprint density at radius 2 is 2.35 bits per heavy atom. The zero-order valence-electron chi connectivity index (χ0n) is 11.0. The molecule has 0 aliphatic rings. The van der Waals surface area contributed by atoms with Crippen molar-refractivity contribution < 1.29 is 14.1 Å². The summed E-state index contributed by atoms with van der Waals surface area (Å²) in [7, 11) is 0. The van der Waals surface area contributed by atoms with Gasteiger partial charge in [0.25, 0.3) is 0 Å². The Kier molecular flexibility index (Phi) is 4.48. The molecule has 0 unspecified atom stereocenters. The minimum Gasteiger partial charge on any atom is -0.462 e. The van der Waals surface area contributed by atoms with Crippen molar-refractivity contribution >= 4 is 17.5 Å². The molecule has 0 amide bonds. The molecular formula is C12H15N5O3. The summed E-state index contributed by atoms with van der Waals surface area (Å²) in [5.41, 5.74) is 6.28. The van der Waals surface area contributed by atoms with Crippen LogP contribution in [0, 0.1) is 0 Å². The number of aromatic nitrogens is 3. The predicted molar refractivity (Wildman–Crippen MR) is 71.1 cm³/mol. The van der Waals surface area contributed by atoms with Gasteiger partial charge in [0.05, 0.1) is 24.1 Å². The van der Waals surface area contributed by atoms with Crippen molar-refractivity contribution in [3.05, 3.63) is 30.0 Å². The van der Waals surface area contributed by atoms with Crippen LogP contribution in [0.2, 0.25) is 0 Å². The molecule has 0 spiro atoms. The lowest BCUT2D eigenvalue weighted by molar-refractivity contribution is 0.0527. The summed E-state index contributed by atoms with van der Waals surface area (Å²) in [5, 5.41) is 6.56. The Balaban J connectivity index is 1.98. The maximum atomic E-state index is 11.7. The Morgan fingerprint density at radius 1 is 1.50 bits per heavy atom. The zero-order chi connectivity index (χ0) is 14.4. The van der Waals surface area contributed by atoms with Gasteiger partial charge in [-0.15, -0.1) is 0 Å². The Labute approximate surface area is 115 Å². The van der Waals surface area contributed by atoms with E-state index in [1.807, 2.05) is 0 Å². The van der Waals surface area contributed by atoms with Crippen LogP contribution in [0.3, 0.4) is 0 Å². The van der Waals surface area contributed by atoms with Crippen LogP contribution in [-0.4, -0.2) is 34.2 Å². The number of rotatable bonds is 6. The summed E-state index contributed by atoms with van der Waals surface area (Å²) in [6.07, 6.45) is 3.32. The van der Waals surface area contributed by atoms with Crippen LogP contribution < -0.4 is 11.1 Å². The summed E-state index contributed by atoms with van der Waals surface area (Å²) in [4.78, 5) is 19.7. The number of carbonyl (C=O) groups excluding carboxylic acids is 1. The number of nitrogen functional groups attached to an aromatic ring is 1. The molecule has 20 heavy (non-hydrogen) atoms. The molecule has 0 aliphatic carbocycles. The monoisotopic (exact) mass is 277 g/mol. The van der Waals surface area contributed by atoms with E-state index in [0.29, 0.717) is 36.8 Å². The van der Waals surface area contributed by atoms with E-state index >= 15 is 0 Å². The molecule has 0 saturated heterocycles. The number of nitrogens with one attached hydrogen (secondary N) is 1. The number of nitrogens with two attached hydrogens (primary N) is 1. The van der Waals surface area contributed by atoms with E-state index in [2.05, 4.69) is 20.4 Å². The van der Waals surface area contributed by atoms with Gasteiger partial charge < -0.3 is 20.3 Å². The topological polar surface area (TPSA) is 116 Å². The van der Waals surface area contributed by atoms with E-state index in [-0.39, 0.29) is 5.69 Å². The average molecular weight is 277 g/mol. The van der Waals surface area contributed by atoms with Crippen LogP contribution in [-0.2, 0) is 11.2 Å². The van der Waals surface area contributed by atoms with Crippen molar-refractivity contribution in [2.24, 2.45) is 0 Å². The molecule has 2 aromatic rings. The number of anilines is 2. The fraction of sp³-hybridized carbons (Fsp3) is 0.333. The summed E-state index contributed by atoms with van der Waals surface area (Å²) in [6, 6.07) is 1.56. The van der Waals surface area contributed by atoms with Crippen molar-refractivity contribution in [3.8, 4) is 0 Å². The first kappa shape index (κ1) is 13.8. The summed E-state index contributed by atoms with van der Waals surface area (Å²) in [6.45, 7) is 2.57. The van der Waals surface area contributed by atoms with Gasteiger partial charge in [0.15, 0.2) is 6.33 Å². The lowest BCUT2D eigenvalue weighted by atomic mass is 10.2. The number of nitrogens with zero attached hydrogens (tertiary/aromatic N) is 3. The molecule has 0 radical (unpaired) electrons. The number of hydrogen-bond donors (Lipinski definition) is 2. The van der Waals surface area contributed by atoms with Gasteiger partial charge in [-0.1, -0.05) is 5.16 Å². The van der Waals surface area contributed by atoms with Gasteiger partial charge in [-0.05, 0) is 13.0 Å². The second-order valence-electron chi connectivity index (χ2n) is 3.89. The molecule has 0 aromatic carbocycles. The molecule has 3 N–H and O–H groups in total. The molecule has 0 bridgehead atoms. The maximum Gasteiger partial charge on any atom is 0.340 e. The lowest BCUT2D eigenvalue weighted by Crippen LogP contribution is -2.11. The van der Waals surface area contributed by atoms with Gasteiger partial charge in [0, 0.05) is 13.0 Å². The zero-order valence-corrected chi connectivity index (χ0v) is 11.0. The largest absolute Gasteiger partial charge is 0.462 e. The second-order valence-corrected chi connectivity index (χ2v) is 3.89. The van der Waals surface area contributed by atoms with E-state index in [1.54, 1.807) is 13.0 Å². The van der Waals surface area contributed by atoms with Gasteiger partial charge in [0.2, 0.25) is 5.89 Å². The number of hydrogen-bond acceptors (Lipinski definition) is 8. The number of ether oxygens (including phenoxy) is 1. The van der Waals surface area contributed by atoms with Crippen LogP contribution in [0.25, 0.3) is 0 Å². The highest BCUT2D eigenvalue weighted by molar-refractivity contribution is 5.95. The van der Waals surface area contributed by atoms with Gasteiger partial charge in [0.1, 0.15) is 5.82 Å². The molecule has 0 saturated carbocycles. The van der Waals surface area contributed by atoms with E-state index < -0.39 is 5.97 Å². The smallest absolute Gasteiger partial charge is 0.340 e. The maximum absolute atomic E-state index is 11.7. The Morgan fingerprint density at radius 3 is 3.05 bits per heavy atom. The van der Waals surface area contributed by atoms with Gasteiger partial charge in [-0.25, -0.2) is 9.78 Å². The third-order valence-electron chi connectivity index (χ3n) is 2.48. The molecule has 0 fully saturated rings. The Bertz CT molecular complexity index is 570. The molecule has 2 aromatic heterocycles. The van der Waals surface area contributed by atoms with Crippen molar-refractivity contribution in [1.29, 1.82) is 0 Å². The number of pyridine rings is 1. The third-order valence-corrected chi connectivity index (χ3v) is 2.48. The standard InChI is InChI=1S/C12H15N5O3/c1-2-19-12(18)8-5-10(15-6-9(8)13)14-4-3-11-16-7-17-20-11/h5-7H,2-4,13H2,1H3,(H,14,15). The summed E-state index contributed by atoms with van der Waals surface area (Å²) in [5.74, 6) is 0.590. The first-order valence-corrected chi connectivity index (χ1v) is 6.12. The van der Waals surface area contributed by atoms with Gasteiger partial charge in [-0.3, -0.25) is 0 Å². The summed E-state index contributed by atoms with van der Waals surface area (Å²) < 4.78 is 9.79. The highest BCUT2D eigenvalue weighted by atomic mass is 16.5. The molecule has 8 heteroatoms. The second kappa shape index (κ2) is 6.50. The number of carbonyl (C=O) groups is 1. The van der Waals surface area contributed by atoms with Crippen LogP contribution >= 0.6 is 0 Å². The molecule has 2 heterocycles. The molecule has 106 valence electrons. The van der Waals surface area contributed by atoms with Crippen LogP contribution in [0.15, 0.2) is 23.1 Å². The van der Waals surface area contributed by atoms with E-state index in [0.717, 1.165) is 0 Å².